The fourth-order valence-corrected chi connectivity index (χ4v) is 4.52. The van der Waals surface area contributed by atoms with Crippen LogP contribution in [0.25, 0.3) is 0 Å². The minimum atomic E-state index is -1.54. The van der Waals surface area contributed by atoms with E-state index in [2.05, 4.69) is 0 Å². The molecule has 10 heteroatoms. The van der Waals surface area contributed by atoms with Crippen LogP contribution >= 0.6 is 8.60 Å². The number of aromatic amines is 1. The highest BCUT2D eigenvalue weighted by atomic mass is 31.2. The third-order valence-electron chi connectivity index (χ3n) is 4.67. The van der Waals surface area contributed by atoms with Crippen molar-refractivity contribution in [1.29, 1.82) is 0 Å². The molecule has 2 aromatic rings. The number of hydrogen-bond acceptors (Lipinski definition) is 6. The number of benzene rings is 1. The highest BCUT2D eigenvalue weighted by Gasteiger charge is 2.31. The molecule has 0 aliphatic carbocycles. The summed E-state index contributed by atoms with van der Waals surface area (Å²) < 4.78 is 37.5. The van der Waals surface area contributed by atoms with E-state index in [1.165, 1.54) is 0 Å². The molecule has 3 heterocycles. The lowest BCUT2D eigenvalue weighted by molar-refractivity contribution is -0.0233. The van der Waals surface area contributed by atoms with E-state index in [0.29, 0.717) is 19.4 Å². The van der Waals surface area contributed by atoms with Crippen molar-refractivity contribution in [3.8, 4) is 5.75 Å². The number of aromatic nitrogens is 2. The van der Waals surface area contributed by atoms with Gasteiger partial charge in [0, 0.05) is 5.56 Å². The Hall–Kier alpha value is -2.06. The van der Waals surface area contributed by atoms with Crippen molar-refractivity contribution >= 4 is 8.60 Å². The smallest absolute Gasteiger partial charge is 0.397 e. The zero-order valence-electron chi connectivity index (χ0n) is 15.4. The largest absolute Gasteiger partial charge is 0.426 e. The average molecular weight is 410 g/mol. The summed E-state index contributed by atoms with van der Waals surface area (Å²) in [6.45, 7) is 4.65. The Bertz CT molecular complexity index is 1010. The molecule has 150 valence electrons. The molecule has 1 saturated heterocycles. The summed E-state index contributed by atoms with van der Waals surface area (Å²) in [6.07, 6.45) is 1.05. The summed E-state index contributed by atoms with van der Waals surface area (Å²) in [5.41, 5.74) is 1.43. The molecule has 0 bridgehead atoms. The molecule has 1 aromatic carbocycles. The standard InChI is InChI=1S/C18H20FN2O6P/c1-10-5-11(2)16-12(6-10)8-24-28(27-16)25-9-13-3-4-15(26-13)21-7-14(19)17(22)20-18(21)23/h5-7,13,15H,3-4,8-9H2,1-2H3,(H,20,22,23). The van der Waals surface area contributed by atoms with E-state index in [0.717, 1.165) is 33.2 Å². The molecule has 0 spiro atoms. The maximum atomic E-state index is 13.5. The number of ether oxygens (including phenoxy) is 1. The fraction of sp³-hybridized carbons (Fsp3) is 0.444. The molecule has 8 nitrogen and oxygen atoms in total. The molecule has 3 unspecified atom stereocenters. The van der Waals surface area contributed by atoms with Gasteiger partial charge < -0.3 is 9.26 Å². The Morgan fingerprint density at radius 2 is 2.14 bits per heavy atom. The van der Waals surface area contributed by atoms with Crippen molar-refractivity contribution in [1.82, 2.24) is 9.55 Å². The Morgan fingerprint density at radius 1 is 1.32 bits per heavy atom. The van der Waals surface area contributed by atoms with Gasteiger partial charge in [0.05, 0.1) is 25.5 Å². The molecule has 0 amide bonds. The van der Waals surface area contributed by atoms with Crippen molar-refractivity contribution in [3.05, 3.63) is 61.7 Å². The lowest BCUT2D eigenvalue weighted by atomic mass is 10.1. The van der Waals surface area contributed by atoms with Crippen molar-refractivity contribution < 1.29 is 22.7 Å². The summed E-state index contributed by atoms with van der Waals surface area (Å²) >= 11 is 0. The van der Waals surface area contributed by atoms with E-state index < -0.39 is 31.9 Å². The predicted molar refractivity (Wildman–Crippen MR) is 98.6 cm³/mol. The van der Waals surface area contributed by atoms with Gasteiger partial charge in [0.25, 0.3) is 5.56 Å². The number of hydrogen-bond donors (Lipinski definition) is 1. The number of nitrogens with one attached hydrogen (secondary N) is 1. The SMILES string of the molecule is Cc1cc(C)c2c(c1)COP(OCC1CCC(n3cc(F)c(=O)[nH]c3=O)O1)O2. The molecular weight excluding hydrogens is 390 g/mol. The third kappa shape index (κ3) is 3.89. The second kappa shape index (κ2) is 7.75. The first-order valence-corrected chi connectivity index (χ1v) is 10.0. The van der Waals surface area contributed by atoms with Crippen LogP contribution in [0.3, 0.4) is 0 Å². The van der Waals surface area contributed by atoms with Gasteiger partial charge in [-0.1, -0.05) is 17.7 Å². The molecule has 28 heavy (non-hydrogen) atoms. The first-order valence-electron chi connectivity index (χ1n) is 8.91. The van der Waals surface area contributed by atoms with Crippen LogP contribution in [0.2, 0.25) is 0 Å². The van der Waals surface area contributed by atoms with Gasteiger partial charge in [-0.2, -0.15) is 4.39 Å². The van der Waals surface area contributed by atoms with Gasteiger partial charge >= 0.3 is 14.3 Å². The Morgan fingerprint density at radius 3 is 2.96 bits per heavy atom. The van der Waals surface area contributed by atoms with Crippen LogP contribution in [0.15, 0.2) is 27.9 Å². The van der Waals surface area contributed by atoms with E-state index in [-0.39, 0.29) is 12.7 Å². The summed E-state index contributed by atoms with van der Waals surface area (Å²) in [7, 11) is -1.54. The molecule has 1 fully saturated rings. The molecular formula is C18H20FN2O6P. The second-order valence-corrected chi connectivity index (χ2v) is 8.03. The molecule has 1 N–H and O–H groups in total. The van der Waals surface area contributed by atoms with Gasteiger partial charge in [0.15, 0.2) is 0 Å². The van der Waals surface area contributed by atoms with Crippen LogP contribution in [0, 0.1) is 19.7 Å². The van der Waals surface area contributed by atoms with E-state index in [4.69, 9.17) is 18.3 Å². The van der Waals surface area contributed by atoms with Crippen LogP contribution in [-0.2, 0) is 20.4 Å². The van der Waals surface area contributed by atoms with Gasteiger partial charge in [0.1, 0.15) is 12.0 Å². The highest BCUT2D eigenvalue weighted by Crippen LogP contribution is 2.49. The van der Waals surface area contributed by atoms with Gasteiger partial charge in [-0.25, -0.2) is 4.79 Å². The second-order valence-electron chi connectivity index (χ2n) is 6.89. The normalized spacial score (nSPS) is 24.0. The van der Waals surface area contributed by atoms with E-state index in [1.54, 1.807) is 0 Å². The van der Waals surface area contributed by atoms with E-state index in [1.807, 2.05) is 31.0 Å². The number of nitrogens with zero attached hydrogens (tertiary/aromatic N) is 1. The Balaban J connectivity index is 1.35. The van der Waals surface area contributed by atoms with Crippen LogP contribution in [-0.4, -0.2) is 22.3 Å². The van der Waals surface area contributed by atoms with Crippen molar-refractivity contribution in [2.45, 2.75) is 45.6 Å². The zero-order valence-corrected chi connectivity index (χ0v) is 16.3. The number of aryl methyl sites for hydroxylation is 2. The van der Waals surface area contributed by atoms with Gasteiger partial charge in [-0.3, -0.25) is 23.4 Å². The Labute approximate surface area is 161 Å². The molecule has 2 aliphatic heterocycles. The number of halogens is 1. The summed E-state index contributed by atoms with van der Waals surface area (Å²) in [6, 6.07) is 4.07. The topological polar surface area (TPSA) is 91.8 Å². The van der Waals surface area contributed by atoms with Crippen LogP contribution in [0.4, 0.5) is 4.39 Å². The van der Waals surface area contributed by atoms with Crippen molar-refractivity contribution in [2.24, 2.45) is 0 Å². The van der Waals surface area contributed by atoms with Crippen LogP contribution in [0.1, 0.15) is 35.8 Å². The molecule has 2 aliphatic rings. The summed E-state index contributed by atoms with van der Waals surface area (Å²) in [4.78, 5) is 24.9. The lowest BCUT2D eigenvalue weighted by Gasteiger charge is -2.26. The monoisotopic (exact) mass is 410 g/mol. The van der Waals surface area contributed by atoms with Gasteiger partial charge in [-0.05, 0) is 32.3 Å². The fourth-order valence-electron chi connectivity index (χ4n) is 3.40. The van der Waals surface area contributed by atoms with Crippen LogP contribution < -0.4 is 15.8 Å². The highest BCUT2D eigenvalue weighted by molar-refractivity contribution is 7.42. The maximum Gasteiger partial charge on any atom is 0.397 e. The van der Waals surface area contributed by atoms with Gasteiger partial charge in [-0.15, -0.1) is 0 Å². The number of rotatable bonds is 4. The lowest BCUT2D eigenvalue weighted by Crippen LogP contribution is -2.34. The molecule has 3 atom stereocenters. The number of H-pyrrole nitrogens is 1. The Kier molecular flexibility index (Phi) is 5.33. The molecule has 4 rings (SSSR count). The predicted octanol–water partition coefficient (Wildman–Crippen LogP) is 2.82. The minimum absolute atomic E-state index is 0.225. The summed E-state index contributed by atoms with van der Waals surface area (Å²) in [5.74, 6) is -0.233. The average Bonchev–Trinajstić information content (AvgIpc) is 3.12. The molecule has 0 saturated carbocycles. The minimum Gasteiger partial charge on any atom is -0.426 e. The molecule has 1 aromatic heterocycles. The van der Waals surface area contributed by atoms with Crippen molar-refractivity contribution in [3.63, 3.8) is 0 Å². The third-order valence-corrected chi connectivity index (χ3v) is 5.70. The van der Waals surface area contributed by atoms with E-state index >= 15 is 0 Å². The first-order chi connectivity index (χ1) is 13.4. The maximum absolute atomic E-state index is 13.5. The molecule has 0 radical (unpaired) electrons. The zero-order chi connectivity index (χ0) is 19.8. The quantitative estimate of drug-likeness (QED) is 0.780. The first kappa shape index (κ1) is 19.3. The van der Waals surface area contributed by atoms with Gasteiger partial charge in [0.2, 0.25) is 5.82 Å². The van der Waals surface area contributed by atoms with Crippen molar-refractivity contribution in [2.75, 3.05) is 6.61 Å². The number of fused-ring (bicyclic) bond motifs is 1. The van der Waals surface area contributed by atoms with Crippen LogP contribution in [0.5, 0.6) is 5.75 Å². The van der Waals surface area contributed by atoms with E-state index in [9.17, 15) is 14.0 Å². The summed E-state index contributed by atoms with van der Waals surface area (Å²) in [5, 5.41) is 0.